The van der Waals surface area contributed by atoms with Crippen LogP contribution in [-0.4, -0.2) is 24.2 Å². The SMILES string of the molecule is CNC(c1cncs1)C1CCOC2(CCCCC2)C1. The van der Waals surface area contributed by atoms with Gasteiger partial charge in [0.05, 0.1) is 11.1 Å². The van der Waals surface area contributed by atoms with Crippen LogP contribution in [-0.2, 0) is 4.74 Å². The van der Waals surface area contributed by atoms with E-state index in [1.165, 1.54) is 49.8 Å². The van der Waals surface area contributed by atoms with Crippen LogP contribution in [0.3, 0.4) is 0 Å². The van der Waals surface area contributed by atoms with Crippen molar-refractivity contribution in [3.63, 3.8) is 0 Å². The monoisotopic (exact) mass is 280 g/mol. The van der Waals surface area contributed by atoms with Crippen molar-refractivity contribution in [1.82, 2.24) is 10.3 Å². The van der Waals surface area contributed by atoms with Gasteiger partial charge in [-0.15, -0.1) is 11.3 Å². The predicted molar refractivity (Wildman–Crippen MR) is 78.4 cm³/mol. The van der Waals surface area contributed by atoms with Gasteiger partial charge >= 0.3 is 0 Å². The molecule has 0 aromatic carbocycles. The molecule has 2 unspecified atom stereocenters. The van der Waals surface area contributed by atoms with Crippen molar-refractivity contribution in [1.29, 1.82) is 0 Å². The van der Waals surface area contributed by atoms with E-state index in [4.69, 9.17) is 4.74 Å². The molecule has 19 heavy (non-hydrogen) atoms. The Hall–Kier alpha value is -0.450. The lowest BCUT2D eigenvalue weighted by Crippen LogP contribution is -2.44. The molecule has 1 aliphatic heterocycles. The average Bonchev–Trinajstić information content (AvgIpc) is 2.95. The minimum Gasteiger partial charge on any atom is -0.375 e. The number of ether oxygens (including phenoxy) is 1. The Balaban J connectivity index is 1.73. The number of aromatic nitrogens is 1. The highest BCUT2D eigenvalue weighted by Crippen LogP contribution is 2.44. The fourth-order valence-electron chi connectivity index (χ4n) is 3.88. The summed E-state index contributed by atoms with van der Waals surface area (Å²) in [4.78, 5) is 5.61. The summed E-state index contributed by atoms with van der Waals surface area (Å²) in [7, 11) is 2.08. The molecule has 1 aromatic heterocycles. The van der Waals surface area contributed by atoms with Gasteiger partial charge in [0.15, 0.2) is 0 Å². The second-order valence-electron chi connectivity index (χ2n) is 6.02. The van der Waals surface area contributed by atoms with Crippen LogP contribution in [0.15, 0.2) is 11.7 Å². The smallest absolute Gasteiger partial charge is 0.0794 e. The Labute approximate surface area is 119 Å². The molecule has 1 aromatic rings. The van der Waals surface area contributed by atoms with E-state index in [1.54, 1.807) is 11.3 Å². The van der Waals surface area contributed by atoms with Gasteiger partial charge in [-0.05, 0) is 38.6 Å². The molecule has 0 bridgehead atoms. The van der Waals surface area contributed by atoms with Crippen molar-refractivity contribution < 1.29 is 4.74 Å². The summed E-state index contributed by atoms with van der Waals surface area (Å²) >= 11 is 1.77. The zero-order valence-corrected chi connectivity index (χ0v) is 12.5. The Morgan fingerprint density at radius 3 is 2.95 bits per heavy atom. The van der Waals surface area contributed by atoms with Crippen LogP contribution in [0.4, 0.5) is 0 Å². The maximum atomic E-state index is 6.21. The van der Waals surface area contributed by atoms with Gasteiger partial charge in [-0.1, -0.05) is 19.3 Å². The molecule has 0 radical (unpaired) electrons. The Morgan fingerprint density at radius 1 is 1.42 bits per heavy atom. The summed E-state index contributed by atoms with van der Waals surface area (Å²) in [5.41, 5.74) is 2.14. The first-order valence-electron chi connectivity index (χ1n) is 7.53. The molecule has 4 heteroatoms. The number of hydrogen-bond donors (Lipinski definition) is 1. The number of hydrogen-bond acceptors (Lipinski definition) is 4. The van der Waals surface area contributed by atoms with Crippen molar-refractivity contribution in [3.05, 3.63) is 16.6 Å². The summed E-state index contributed by atoms with van der Waals surface area (Å²) in [6.07, 6.45) is 11.0. The molecule has 1 saturated heterocycles. The highest BCUT2D eigenvalue weighted by molar-refractivity contribution is 7.09. The lowest BCUT2D eigenvalue weighted by atomic mass is 9.74. The van der Waals surface area contributed by atoms with Gasteiger partial charge in [0.1, 0.15) is 0 Å². The summed E-state index contributed by atoms with van der Waals surface area (Å²) < 4.78 is 6.21. The predicted octanol–water partition coefficient (Wildman–Crippen LogP) is 3.53. The molecule has 1 saturated carbocycles. The van der Waals surface area contributed by atoms with Crippen LogP contribution in [0.1, 0.15) is 55.9 Å². The first kappa shape index (κ1) is 13.5. The Bertz CT molecular complexity index is 381. The molecular weight excluding hydrogens is 256 g/mol. The lowest BCUT2D eigenvalue weighted by molar-refractivity contribution is -0.121. The average molecular weight is 280 g/mol. The molecular formula is C15H24N2OS. The summed E-state index contributed by atoms with van der Waals surface area (Å²) in [6.45, 7) is 0.932. The number of nitrogens with one attached hydrogen (secondary N) is 1. The molecule has 1 N–H and O–H groups in total. The highest BCUT2D eigenvalue weighted by Gasteiger charge is 2.41. The Kier molecular flexibility index (Phi) is 4.20. The van der Waals surface area contributed by atoms with E-state index >= 15 is 0 Å². The van der Waals surface area contributed by atoms with Crippen molar-refractivity contribution >= 4 is 11.3 Å². The molecule has 106 valence electrons. The molecule has 0 amide bonds. The topological polar surface area (TPSA) is 34.2 Å². The number of nitrogens with zero attached hydrogens (tertiary/aromatic N) is 1. The largest absolute Gasteiger partial charge is 0.375 e. The molecule has 2 atom stereocenters. The highest BCUT2D eigenvalue weighted by atomic mass is 32.1. The van der Waals surface area contributed by atoms with Crippen LogP contribution in [0.25, 0.3) is 0 Å². The lowest BCUT2D eigenvalue weighted by Gasteiger charge is -2.45. The minimum absolute atomic E-state index is 0.195. The zero-order valence-electron chi connectivity index (χ0n) is 11.7. The number of rotatable bonds is 3. The van der Waals surface area contributed by atoms with Crippen LogP contribution in [0.5, 0.6) is 0 Å². The molecule has 3 nitrogen and oxygen atoms in total. The van der Waals surface area contributed by atoms with Crippen molar-refractivity contribution in [2.24, 2.45) is 5.92 Å². The fraction of sp³-hybridized carbons (Fsp3) is 0.800. The van der Waals surface area contributed by atoms with E-state index in [-0.39, 0.29) is 5.60 Å². The van der Waals surface area contributed by atoms with Gasteiger partial charge in [-0.2, -0.15) is 0 Å². The van der Waals surface area contributed by atoms with Crippen LogP contribution >= 0.6 is 11.3 Å². The van der Waals surface area contributed by atoms with E-state index in [0.29, 0.717) is 12.0 Å². The molecule has 2 fully saturated rings. The molecule has 1 aliphatic carbocycles. The third-order valence-corrected chi connectivity index (χ3v) is 5.69. The second kappa shape index (κ2) is 5.90. The normalized spacial score (nSPS) is 28.4. The first-order chi connectivity index (χ1) is 9.33. The standard InChI is InChI=1S/C15H24N2OS/c1-16-14(13-10-17-11-19-13)12-5-8-18-15(9-12)6-3-2-4-7-15/h10-12,14,16H,2-9H2,1H3. The van der Waals surface area contributed by atoms with E-state index < -0.39 is 0 Å². The minimum atomic E-state index is 0.195. The van der Waals surface area contributed by atoms with E-state index in [1.807, 2.05) is 11.7 Å². The summed E-state index contributed by atoms with van der Waals surface area (Å²) in [5.74, 6) is 0.692. The Morgan fingerprint density at radius 2 is 2.26 bits per heavy atom. The van der Waals surface area contributed by atoms with Gasteiger partial charge in [0.2, 0.25) is 0 Å². The van der Waals surface area contributed by atoms with Crippen molar-refractivity contribution in [2.45, 2.75) is 56.6 Å². The third kappa shape index (κ3) is 2.86. The zero-order chi connectivity index (χ0) is 13.1. The molecule has 1 spiro atoms. The van der Waals surface area contributed by atoms with E-state index in [2.05, 4.69) is 17.3 Å². The third-order valence-electron chi connectivity index (χ3n) is 4.84. The fourth-order valence-corrected chi connectivity index (χ4v) is 4.71. The van der Waals surface area contributed by atoms with Crippen LogP contribution < -0.4 is 5.32 Å². The molecule has 3 rings (SSSR count). The van der Waals surface area contributed by atoms with E-state index in [0.717, 1.165) is 6.61 Å². The van der Waals surface area contributed by atoms with Crippen molar-refractivity contribution in [3.8, 4) is 0 Å². The second-order valence-corrected chi connectivity index (χ2v) is 6.93. The quantitative estimate of drug-likeness (QED) is 0.919. The van der Waals surface area contributed by atoms with Gasteiger partial charge in [0.25, 0.3) is 0 Å². The van der Waals surface area contributed by atoms with Gasteiger partial charge < -0.3 is 10.1 Å². The number of thiazole rings is 1. The summed E-state index contributed by atoms with van der Waals surface area (Å²) in [6, 6.07) is 0.454. The molecule has 2 aliphatic rings. The maximum Gasteiger partial charge on any atom is 0.0794 e. The van der Waals surface area contributed by atoms with Gasteiger partial charge in [-0.25, -0.2) is 0 Å². The van der Waals surface area contributed by atoms with E-state index in [9.17, 15) is 0 Å². The van der Waals surface area contributed by atoms with Gasteiger partial charge in [-0.3, -0.25) is 4.98 Å². The molecule has 2 heterocycles. The van der Waals surface area contributed by atoms with Crippen LogP contribution in [0.2, 0.25) is 0 Å². The maximum absolute atomic E-state index is 6.21. The van der Waals surface area contributed by atoms with Gasteiger partial charge in [0, 0.05) is 23.7 Å². The summed E-state index contributed by atoms with van der Waals surface area (Å²) in [5, 5.41) is 3.51. The van der Waals surface area contributed by atoms with Crippen molar-refractivity contribution in [2.75, 3.05) is 13.7 Å². The first-order valence-corrected chi connectivity index (χ1v) is 8.41. The van der Waals surface area contributed by atoms with Crippen LogP contribution in [0, 0.1) is 5.92 Å².